The molecule has 0 aromatic rings. The van der Waals surface area contributed by atoms with E-state index in [1.807, 2.05) is 11.8 Å². The predicted octanol–water partition coefficient (Wildman–Crippen LogP) is 0.126. The van der Waals surface area contributed by atoms with Gasteiger partial charge < -0.3 is 15.3 Å². The Hall–Kier alpha value is -0.420. The van der Waals surface area contributed by atoms with Gasteiger partial charge >= 0.3 is 6.03 Å². The Kier molecular flexibility index (Phi) is 4.38. The standard InChI is InChI=1S/C8H16N2O2S/c1-7(11)6-9-8(12)10-2-4-13-5-3-10/h7,11H,2-6H2,1H3,(H,9,12). The first-order valence-electron chi connectivity index (χ1n) is 4.48. The molecule has 0 aliphatic carbocycles. The molecule has 1 aliphatic heterocycles. The summed E-state index contributed by atoms with van der Waals surface area (Å²) in [5.41, 5.74) is 0. The first kappa shape index (κ1) is 10.7. The van der Waals surface area contributed by atoms with Crippen molar-refractivity contribution >= 4 is 17.8 Å². The third-order valence-electron chi connectivity index (χ3n) is 1.85. The van der Waals surface area contributed by atoms with Crippen LogP contribution in [0.25, 0.3) is 0 Å². The number of hydrogen-bond acceptors (Lipinski definition) is 3. The fraction of sp³-hybridized carbons (Fsp3) is 0.875. The number of amides is 2. The highest BCUT2D eigenvalue weighted by Crippen LogP contribution is 2.08. The van der Waals surface area contributed by atoms with Gasteiger partial charge in [0.1, 0.15) is 0 Å². The summed E-state index contributed by atoms with van der Waals surface area (Å²) in [4.78, 5) is 13.2. The van der Waals surface area contributed by atoms with E-state index in [1.165, 1.54) is 0 Å². The van der Waals surface area contributed by atoms with Gasteiger partial charge in [-0.3, -0.25) is 0 Å². The predicted molar refractivity (Wildman–Crippen MR) is 54.0 cm³/mol. The summed E-state index contributed by atoms with van der Waals surface area (Å²) in [5.74, 6) is 2.03. The summed E-state index contributed by atoms with van der Waals surface area (Å²) in [6.07, 6.45) is -0.469. The normalized spacial score (nSPS) is 19.7. The zero-order valence-corrected chi connectivity index (χ0v) is 8.64. The minimum Gasteiger partial charge on any atom is -0.392 e. The van der Waals surface area contributed by atoms with Crippen LogP contribution < -0.4 is 5.32 Å². The Morgan fingerprint density at radius 2 is 2.23 bits per heavy atom. The fourth-order valence-corrected chi connectivity index (χ4v) is 2.02. The first-order chi connectivity index (χ1) is 6.20. The zero-order chi connectivity index (χ0) is 9.68. The number of rotatable bonds is 2. The Morgan fingerprint density at radius 3 is 2.77 bits per heavy atom. The molecule has 0 bridgehead atoms. The summed E-state index contributed by atoms with van der Waals surface area (Å²) in [5, 5.41) is 11.6. The number of nitrogens with one attached hydrogen (secondary N) is 1. The van der Waals surface area contributed by atoms with Crippen molar-refractivity contribution in [3.05, 3.63) is 0 Å². The second-order valence-electron chi connectivity index (χ2n) is 3.13. The Balaban J connectivity index is 2.21. The minimum absolute atomic E-state index is 0.0544. The van der Waals surface area contributed by atoms with Crippen molar-refractivity contribution in [3.8, 4) is 0 Å². The van der Waals surface area contributed by atoms with Crippen molar-refractivity contribution < 1.29 is 9.90 Å². The van der Waals surface area contributed by atoms with Crippen molar-refractivity contribution in [3.63, 3.8) is 0 Å². The van der Waals surface area contributed by atoms with E-state index in [0.717, 1.165) is 24.6 Å². The molecule has 1 saturated heterocycles. The van der Waals surface area contributed by atoms with Crippen molar-refractivity contribution in [2.45, 2.75) is 13.0 Å². The molecule has 0 spiro atoms. The summed E-state index contributed by atoms with van der Waals surface area (Å²) >= 11 is 1.87. The van der Waals surface area contributed by atoms with Crippen molar-refractivity contribution in [1.29, 1.82) is 0 Å². The van der Waals surface area contributed by atoms with Gasteiger partial charge in [0.25, 0.3) is 0 Å². The van der Waals surface area contributed by atoms with E-state index in [9.17, 15) is 4.79 Å². The molecule has 0 aromatic carbocycles. The van der Waals surface area contributed by atoms with E-state index in [-0.39, 0.29) is 6.03 Å². The molecule has 76 valence electrons. The van der Waals surface area contributed by atoms with Crippen LogP contribution in [0.2, 0.25) is 0 Å². The highest BCUT2D eigenvalue weighted by Gasteiger charge is 2.16. The van der Waals surface area contributed by atoms with E-state index in [4.69, 9.17) is 5.11 Å². The summed E-state index contributed by atoms with van der Waals surface area (Å²) in [6.45, 7) is 3.63. The Morgan fingerprint density at radius 1 is 1.62 bits per heavy atom. The van der Waals surface area contributed by atoms with Gasteiger partial charge in [-0.15, -0.1) is 0 Å². The lowest BCUT2D eigenvalue weighted by molar-refractivity contribution is 0.174. The summed E-state index contributed by atoms with van der Waals surface area (Å²) in [6, 6.07) is -0.0544. The maximum atomic E-state index is 11.4. The lowest BCUT2D eigenvalue weighted by Gasteiger charge is -2.26. The van der Waals surface area contributed by atoms with Crippen LogP contribution in [-0.4, -0.2) is 53.3 Å². The molecule has 1 rings (SSSR count). The molecule has 0 radical (unpaired) electrons. The van der Waals surface area contributed by atoms with E-state index in [0.29, 0.717) is 6.54 Å². The average Bonchev–Trinajstić information content (AvgIpc) is 2.15. The lowest BCUT2D eigenvalue weighted by Crippen LogP contribution is -2.46. The van der Waals surface area contributed by atoms with Gasteiger partial charge in [0.15, 0.2) is 0 Å². The van der Waals surface area contributed by atoms with E-state index in [2.05, 4.69) is 5.32 Å². The lowest BCUT2D eigenvalue weighted by atomic mass is 10.4. The summed E-state index contributed by atoms with van der Waals surface area (Å²) < 4.78 is 0. The average molecular weight is 204 g/mol. The number of aliphatic hydroxyl groups excluding tert-OH is 1. The molecule has 1 aliphatic rings. The largest absolute Gasteiger partial charge is 0.392 e. The van der Waals surface area contributed by atoms with E-state index < -0.39 is 6.10 Å². The third kappa shape index (κ3) is 3.87. The maximum Gasteiger partial charge on any atom is 0.317 e. The molecule has 5 heteroatoms. The highest BCUT2D eigenvalue weighted by atomic mass is 32.2. The van der Waals surface area contributed by atoms with Crippen LogP contribution >= 0.6 is 11.8 Å². The second kappa shape index (κ2) is 5.34. The topological polar surface area (TPSA) is 52.6 Å². The van der Waals surface area contributed by atoms with E-state index in [1.54, 1.807) is 11.8 Å². The molecule has 0 saturated carbocycles. The Bertz CT molecular complexity index is 170. The van der Waals surface area contributed by atoms with Gasteiger partial charge in [-0.05, 0) is 6.92 Å². The fourth-order valence-electron chi connectivity index (χ4n) is 1.11. The first-order valence-corrected chi connectivity index (χ1v) is 5.64. The SMILES string of the molecule is CC(O)CNC(=O)N1CCSCC1. The van der Waals surface area contributed by atoms with Crippen molar-refractivity contribution in [2.75, 3.05) is 31.1 Å². The Labute approximate surface area is 82.7 Å². The number of thioether (sulfide) groups is 1. The van der Waals surface area contributed by atoms with E-state index >= 15 is 0 Å². The zero-order valence-electron chi connectivity index (χ0n) is 7.82. The van der Waals surface area contributed by atoms with Crippen LogP contribution in [0.5, 0.6) is 0 Å². The van der Waals surface area contributed by atoms with Crippen LogP contribution in [0.4, 0.5) is 4.79 Å². The van der Waals surface area contributed by atoms with Gasteiger partial charge in [0.2, 0.25) is 0 Å². The number of carbonyl (C=O) groups excluding carboxylic acids is 1. The number of nitrogens with zero attached hydrogens (tertiary/aromatic N) is 1. The monoisotopic (exact) mass is 204 g/mol. The number of aliphatic hydroxyl groups is 1. The van der Waals surface area contributed by atoms with Gasteiger partial charge in [-0.25, -0.2) is 4.79 Å². The van der Waals surface area contributed by atoms with Gasteiger partial charge in [0.05, 0.1) is 6.10 Å². The van der Waals surface area contributed by atoms with Crippen LogP contribution in [0.1, 0.15) is 6.92 Å². The highest BCUT2D eigenvalue weighted by molar-refractivity contribution is 7.99. The second-order valence-corrected chi connectivity index (χ2v) is 4.36. The maximum absolute atomic E-state index is 11.4. The molecule has 0 aromatic heterocycles. The smallest absolute Gasteiger partial charge is 0.317 e. The van der Waals surface area contributed by atoms with Crippen LogP contribution in [0.15, 0.2) is 0 Å². The molecule has 1 heterocycles. The minimum atomic E-state index is -0.469. The van der Waals surface area contributed by atoms with Gasteiger partial charge in [-0.2, -0.15) is 11.8 Å². The molecular formula is C8H16N2O2S. The summed E-state index contributed by atoms with van der Waals surface area (Å²) in [7, 11) is 0. The third-order valence-corrected chi connectivity index (χ3v) is 2.79. The van der Waals surface area contributed by atoms with Gasteiger partial charge in [-0.1, -0.05) is 0 Å². The van der Waals surface area contributed by atoms with Crippen LogP contribution in [0, 0.1) is 0 Å². The van der Waals surface area contributed by atoms with Crippen molar-refractivity contribution in [2.24, 2.45) is 0 Å². The number of urea groups is 1. The van der Waals surface area contributed by atoms with Crippen LogP contribution in [-0.2, 0) is 0 Å². The molecule has 2 amide bonds. The molecule has 1 atom stereocenters. The molecule has 2 N–H and O–H groups in total. The molecule has 1 unspecified atom stereocenters. The van der Waals surface area contributed by atoms with Crippen molar-refractivity contribution in [1.82, 2.24) is 10.2 Å². The molecule has 4 nitrogen and oxygen atoms in total. The number of carbonyl (C=O) groups is 1. The molecule has 13 heavy (non-hydrogen) atoms. The van der Waals surface area contributed by atoms with Gasteiger partial charge in [0, 0.05) is 31.1 Å². The molecular weight excluding hydrogens is 188 g/mol. The quantitative estimate of drug-likeness (QED) is 0.672. The number of hydrogen-bond donors (Lipinski definition) is 2. The molecule has 1 fully saturated rings. The van der Waals surface area contributed by atoms with Crippen LogP contribution in [0.3, 0.4) is 0 Å².